The summed E-state index contributed by atoms with van der Waals surface area (Å²) in [4.78, 5) is 22.7. The zero-order valence-corrected chi connectivity index (χ0v) is 9.87. The van der Waals surface area contributed by atoms with Crippen molar-refractivity contribution < 1.29 is 19.1 Å². The number of carbonyl (C=O) groups is 2. The predicted octanol–water partition coefficient (Wildman–Crippen LogP) is 1.72. The van der Waals surface area contributed by atoms with E-state index in [1.54, 1.807) is 0 Å². The van der Waals surface area contributed by atoms with Gasteiger partial charge in [0.2, 0.25) is 0 Å². The second-order valence-corrected chi connectivity index (χ2v) is 4.04. The fourth-order valence-corrected chi connectivity index (χ4v) is 1.72. The van der Waals surface area contributed by atoms with E-state index in [-0.39, 0.29) is 18.4 Å². The van der Waals surface area contributed by atoms with Crippen LogP contribution in [-0.2, 0) is 19.1 Å². The predicted molar refractivity (Wildman–Crippen MR) is 59.0 cm³/mol. The summed E-state index contributed by atoms with van der Waals surface area (Å²) in [5, 5.41) is 0. The summed E-state index contributed by atoms with van der Waals surface area (Å²) in [7, 11) is 0. The Morgan fingerprint density at radius 2 is 2.19 bits per heavy atom. The summed E-state index contributed by atoms with van der Waals surface area (Å²) >= 11 is 0. The van der Waals surface area contributed by atoms with Crippen LogP contribution in [0.25, 0.3) is 0 Å². The summed E-state index contributed by atoms with van der Waals surface area (Å²) in [6.07, 6.45) is 4.10. The molecule has 0 amide bonds. The number of Topliss-reactive ketones (excluding diaryl/α,β-unsaturated/α-hetero) is 1. The Bertz CT molecular complexity index is 237. The lowest BCUT2D eigenvalue weighted by atomic mass is 10.1. The number of rotatable bonds is 7. The van der Waals surface area contributed by atoms with E-state index in [9.17, 15) is 9.59 Å². The molecule has 0 saturated heterocycles. The summed E-state index contributed by atoms with van der Waals surface area (Å²) in [5.74, 6) is -0.853. The summed E-state index contributed by atoms with van der Waals surface area (Å²) in [6, 6.07) is 0. The lowest BCUT2D eigenvalue weighted by Crippen LogP contribution is -2.23. The molecular weight excluding hydrogens is 208 g/mol. The largest absolute Gasteiger partial charge is 0.463 e. The molecule has 1 unspecified atom stereocenters. The third-order valence-corrected chi connectivity index (χ3v) is 2.70. The van der Waals surface area contributed by atoms with Gasteiger partial charge in [0.1, 0.15) is 18.3 Å². The first-order valence-electron chi connectivity index (χ1n) is 6.02. The fourth-order valence-electron chi connectivity index (χ4n) is 1.72. The van der Waals surface area contributed by atoms with Gasteiger partial charge >= 0.3 is 5.97 Å². The molecule has 0 aromatic heterocycles. The van der Waals surface area contributed by atoms with Crippen molar-refractivity contribution in [3.05, 3.63) is 0 Å². The molecule has 1 fully saturated rings. The van der Waals surface area contributed by atoms with Crippen LogP contribution < -0.4 is 0 Å². The van der Waals surface area contributed by atoms with Crippen LogP contribution in [0.1, 0.15) is 39.0 Å². The van der Waals surface area contributed by atoms with Crippen molar-refractivity contribution in [2.45, 2.75) is 39.0 Å². The monoisotopic (exact) mass is 228 g/mol. The molecule has 0 aliphatic heterocycles. The first-order chi connectivity index (χ1) is 7.75. The minimum absolute atomic E-state index is 0.0249. The number of hydrogen-bond acceptors (Lipinski definition) is 4. The SMILES string of the molecule is CCCCOCCOC(=O)C1CCCC1=O. The molecule has 0 bridgehead atoms. The van der Waals surface area contributed by atoms with Gasteiger partial charge in [-0.3, -0.25) is 9.59 Å². The Morgan fingerprint density at radius 3 is 2.81 bits per heavy atom. The van der Waals surface area contributed by atoms with Crippen LogP contribution >= 0.6 is 0 Å². The van der Waals surface area contributed by atoms with E-state index >= 15 is 0 Å². The first kappa shape index (κ1) is 13.2. The zero-order chi connectivity index (χ0) is 11.8. The minimum Gasteiger partial charge on any atom is -0.463 e. The molecule has 0 radical (unpaired) electrons. The van der Waals surface area contributed by atoms with Crippen LogP contribution in [0.2, 0.25) is 0 Å². The molecular formula is C12H20O4. The van der Waals surface area contributed by atoms with Crippen molar-refractivity contribution >= 4 is 11.8 Å². The molecule has 0 N–H and O–H groups in total. The summed E-state index contributed by atoms with van der Waals surface area (Å²) in [6.45, 7) is 3.48. The average Bonchev–Trinajstić information content (AvgIpc) is 2.69. The van der Waals surface area contributed by atoms with Crippen LogP contribution in [0, 0.1) is 5.92 Å². The molecule has 0 spiro atoms. The molecule has 0 aromatic carbocycles. The standard InChI is InChI=1S/C12H20O4/c1-2-3-7-15-8-9-16-12(14)10-5-4-6-11(10)13/h10H,2-9H2,1H3. The molecule has 16 heavy (non-hydrogen) atoms. The average molecular weight is 228 g/mol. The van der Waals surface area contributed by atoms with Crippen molar-refractivity contribution in [3.63, 3.8) is 0 Å². The Morgan fingerprint density at radius 1 is 1.38 bits per heavy atom. The smallest absolute Gasteiger partial charge is 0.316 e. The van der Waals surface area contributed by atoms with Crippen molar-refractivity contribution in [2.24, 2.45) is 5.92 Å². The molecule has 4 nitrogen and oxygen atoms in total. The van der Waals surface area contributed by atoms with Gasteiger partial charge in [-0.05, 0) is 19.3 Å². The van der Waals surface area contributed by atoms with E-state index in [0.29, 0.717) is 26.1 Å². The van der Waals surface area contributed by atoms with Gasteiger partial charge in [0.15, 0.2) is 0 Å². The fraction of sp³-hybridized carbons (Fsp3) is 0.833. The van der Waals surface area contributed by atoms with Gasteiger partial charge in [0, 0.05) is 13.0 Å². The second-order valence-electron chi connectivity index (χ2n) is 4.04. The molecule has 1 aliphatic rings. The summed E-state index contributed by atoms with van der Waals surface area (Å²) < 4.78 is 10.2. The number of hydrogen-bond donors (Lipinski definition) is 0. The Balaban J connectivity index is 2.04. The first-order valence-corrected chi connectivity index (χ1v) is 6.02. The Kier molecular flexibility index (Phi) is 6.08. The van der Waals surface area contributed by atoms with Gasteiger partial charge in [-0.15, -0.1) is 0 Å². The van der Waals surface area contributed by atoms with E-state index < -0.39 is 5.92 Å². The molecule has 1 atom stereocenters. The Hall–Kier alpha value is -0.900. The zero-order valence-electron chi connectivity index (χ0n) is 9.87. The van der Waals surface area contributed by atoms with Crippen LogP contribution in [-0.4, -0.2) is 31.6 Å². The number of ketones is 1. The van der Waals surface area contributed by atoms with Crippen molar-refractivity contribution in [3.8, 4) is 0 Å². The van der Waals surface area contributed by atoms with Crippen LogP contribution in [0.4, 0.5) is 0 Å². The maximum absolute atomic E-state index is 11.4. The van der Waals surface area contributed by atoms with Gasteiger partial charge < -0.3 is 9.47 Å². The number of ether oxygens (including phenoxy) is 2. The van der Waals surface area contributed by atoms with Gasteiger partial charge in [0.25, 0.3) is 0 Å². The molecule has 1 aliphatic carbocycles. The highest BCUT2D eigenvalue weighted by Gasteiger charge is 2.32. The topological polar surface area (TPSA) is 52.6 Å². The third-order valence-electron chi connectivity index (χ3n) is 2.70. The van der Waals surface area contributed by atoms with Crippen LogP contribution in [0.5, 0.6) is 0 Å². The maximum Gasteiger partial charge on any atom is 0.316 e. The van der Waals surface area contributed by atoms with E-state index in [1.165, 1.54) is 0 Å². The number of unbranched alkanes of at least 4 members (excludes halogenated alkanes) is 1. The van der Waals surface area contributed by atoms with Crippen molar-refractivity contribution in [2.75, 3.05) is 19.8 Å². The van der Waals surface area contributed by atoms with E-state index in [0.717, 1.165) is 19.3 Å². The van der Waals surface area contributed by atoms with Gasteiger partial charge in [-0.25, -0.2) is 0 Å². The highest BCUT2D eigenvalue weighted by molar-refractivity contribution is 6.00. The van der Waals surface area contributed by atoms with Crippen molar-refractivity contribution in [1.29, 1.82) is 0 Å². The normalized spacial score (nSPS) is 20.1. The molecule has 1 saturated carbocycles. The highest BCUT2D eigenvalue weighted by atomic mass is 16.6. The van der Waals surface area contributed by atoms with Gasteiger partial charge in [-0.2, -0.15) is 0 Å². The van der Waals surface area contributed by atoms with Crippen LogP contribution in [0.3, 0.4) is 0 Å². The minimum atomic E-state index is -0.504. The van der Waals surface area contributed by atoms with E-state index in [1.807, 2.05) is 0 Å². The van der Waals surface area contributed by atoms with Crippen LogP contribution in [0.15, 0.2) is 0 Å². The lowest BCUT2D eigenvalue weighted by molar-refractivity contribution is -0.152. The Labute approximate surface area is 96.3 Å². The van der Waals surface area contributed by atoms with Gasteiger partial charge in [0.05, 0.1) is 6.61 Å². The van der Waals surface area contributed by atoms with E-state index in [4.69, 9.17) is 9.47 Å². The quantitative estimate of drug-likeness (QED) is 0.378. The third kappa shape index (κ3) is 4.31. The molecule has 0 heterocycles. The number of carbonyl (C=O) groups excluding carboxylic acids is 2. The highest BCUT2D eigenvalue weighted by Crippen LogP contribution is 2.22. The molecule has 0 aromatic rings. The lowest BCUT2D eigenvalue weighted by Gasteiger charge is -2.08. The molecule has 1 rings (SSSR count). The van der Waals surface area contributed by atoms with Gasteiger partial charge in [-0.1, -0.05) is 13.3 Å². The van der Waals surface area contributed by atoms with Crippen molar-refractivity contribution in [1.82, 2.24) is 0 Å². The molecule has 4 heteroatoms. The number of esters is 1. The van der Waals surface area contributed by atoms with E-state index in [2.05, 4.69) is 6.92 Å². The summed E-state index contributed by atoms with van der Waals surface area (Å²) in [5.41, 5.74) is 0. The maximum atomic E-state index is 11.4. The molecule has 92 valence electrons. The second kappa shape index (κ2) is 7.39.